The summed E-state index contributed by atoms with van der Waals surface area (Å²) in [5.41, 5.74) is 1.26. The molecule has 3 heterocycles. The predicted molar refractivity (Wildman–Crippen MR) is 82.2 cm³/mol. The molecule has 3 aromatic rings. The smallest absolute Gasteiger partial charge is 0.276 e. The number of anilines is 1. The minimum atomic E-state index is -0.434. The summed E-state index contributed by atoms with van der Waals surface area (Å²) in [6.45, 7) is 2.47. The summed E-state index contributed by atoms with van der Waals surface area (Å²) < 4.78 is 3.08. The highest BCUT2D eigenvalue weighted by Crippen LogP contribution is 2.15. The van der Waals surface area contributed by atoms with Gasteiger partial charge in [-0.15, -0.1) is 0 Å². The topological polar surface area (TPSA) is 106 Å². The Labute approximate surface area is 131 Å². The Hall–Kier alpha value is -3.23. The standard InChI is InChI=1S/C14H15N7O2/c1-3-20-8-10(12(19-20)14(23)15-2)17-13(22)9-7-11-16-5-4-6-21(11)18-9/h4-8H,3H2,1-2H3,(H,15,23)(H,17,22). The Morgan fingerprint density at radius 2 is 2.09 bits per heavy atom. The number of nitrogens with zero attached hydrogens (tertiary/aromatic N) is 5. The third-order valence-electron chi connectivity index (χ3n) is 3.24. The van der Waals surface area contributed by atoms with Crippen molar-refractivity contribution in [2.75, 3.05) is 12.4 Å². The van der Waals surface area contributed by atoms with Crippen molar-refractivity contribution in [3.63, 3.8) is 0 Å². The molecule has 0 unspecified atom stereocenters. The number of amides is 2. The first kappa shape index (κ1) is 14.7. The Morgan fingerprint density at radius 3 is 2.78 bits per heavy atom. The molecule has 0 radical (unpaired) electrons. The molecular formula is C14H15N7O2. The lowest BCUT2D eigenvalue weighted by Gasteiger charge is -2.02. The molecule has 0 saturated heterocycles. The zero-order valence-corrected chi connectivity index (χ0v) is 12.6. The van der Waals surface area contributed by atoms with Crippen LogP contribution in [-0.2, 0) is 6.54 Å². The van der Waals surface area contributed by atoms with Crippen LogP contribution in [0.4, 0.5) is 5.69 Å². The van der Waals surface area contributed by atoms with Gasteiger partial charge in [0.2, 0.25) is 0 Å². The van der Waals surface area contributed by atoms with E-state index in [4.69, 9.17) is 0 Å². The Morgan fingerprint density at radius 1 is 1.26 bits per heavy atom. The maximum atomic E-state index is 12.4. The van der Waals surface area contributed by atoms with Crippen molar-refractivity contribution in [1.29, 1.82) is 0 Å². The van der Waals surface area contributed by atoms with Gasteiger partial charge in [0.25, 0.3) is 11.8 Å². The number of fused-ring (bicyclic) bond motifs is 1. The van der Waals surface area contributed by atoms with Crippen LogP contribution in [0.5, 0.6) is 0 Å². The summed E-state index contributed by atoms with van der Waals surface area (Å²) in [4.78, 5) is 28.3. The second-order valence-corrected chi connectivity index (χ2v) is 4.73. The van der Waals surface area contributed by atoms with Crippen LogP contribution < -0.4 is 10.6 Å². The molecule has 0 fully saturated rings. The van der Waals surface area contributed by atoms with E-state index in [2.05, 4.69) is 25.8 Å². The fraction of sp³-hybridized carbons (Fsp3) is 0.214. The quantitative estimate of drug-likeness (QED) is 0.732. The van der Waals surface area contributed by atoms with E-state index in [0.717, 1.165) is 0 Å². The van der Waals surface area contributed by atoms with Crippen LogP contribution in [0.15, 0.2) is 30.7 Å². The van der Waals surface area contributed by atoms with Crippen molar-refractivity contribution in [2.24, 2.45) is 0 Å². The second-order valence-electron chi connectivity index (χ2n) is 4.73. The zero-order valence-electron chi connectivity index (χ0n) is 12.6. The third kappa shape index (κ3) is 2.76. The van der Waals surface area contributed by atoms with E-state index >= 15 is 0 Å². The van der Waals surface area contributed by atoms with Crippen molar-refractivity contribution in [2.45, 2.75) is 13.5 Å². The van der Waals surface area contributed by atoms with Crippen LogP contribution in [-0.4, -0.2) is 43.2 Å². The van der Waals surface area contributed by atoms with Gasteiger partial charge in [-0.3, -0.25) is 14.3 Å². The van der Waals surface area contributed by atoms with Gasteiger partial charge in [-0.05, 0) is 13.0 Å². The summed E-state index contributed by atoms with van der Waals surface area (Å²) in [6.07, 6.45) is 4.92. The Kier molecular flexibility index (Phi) is 3.75. The molecule has 23 heavy (non-hydrogen) atoms. The molecule has 0 saturated carbocycles. The molecule has 9 heteroatoms. The van der Waals surface area contributed by atoms with Gasteiger partial charge < -0.3 is 10.6 Å². The van der Waals surface area contributed by atoms with Gasteiger partial charge in [0, 0.05) is 38.2 Å². The first-order chi connectivity index (χ1) is 11.1. The van der Waals surface area contributed by atoms with Crippen molar-refractivity contribution in [3.8, 4) is 0 Å². The fourth-order valence-corrected chi connectivity index (χ4v) is 2.09. The number of carbonyl (C=O) groups excluding carboxylic acids is 2. The zero-order chi connectivity index (χ0) is 16.4. The molecule has 0 spiro atoms. The number of aromatic nitrogens is 5. The summed E-state index contributed by atoms with van der Waals surface area (Å²) in [5, 5.41) is 13.5. The number of hydrogen-bond acceptors (Lipinski definition) is 5. The molecular weight excluding hydrogens is 298 g/mol. The van der Waals surface area contributed by atoms with Gasteiger partial charge in [0.1, 0.15) is 0 Å². The van der Waals surface area contributed by atoms with E-state index in [-0.39, 0.29) is 17.3 Å². The number of rotatable bonds is 4. The molecule has 118 valence electrons. The van der Waals surface area contributed by atoms with Gasteiger partial charge in [0.05, 0.1) is 5.69 Å². The number of hydrogen-bond donors (Lipinski definition) is 2. The minimum absolute atomic E-state index is 0.157. The highest BCUT2D eigenvalue weighted by molar-refractivity contribution is 6.07. The van der Waals surface area contributed by atoms with Crippen LogP contribution in [0.3, 0.4) is 0 Å². The molecule has 0 aromatic carbocycles. The first-order valence-electron chi connectivity index (χ1n) is 7.03. The molecule has 0 atom stereocenters. The third-order valence-corrected chi connectivity index (χ3v) is 3.24. The highest BCUT2D eigenvalue weighted by Gasteiger charge is 2.19. The summed E-state index contributed by atoms with van der Waals surface area (Å²) >= 11 is 0. The normalized spacial score (nSPS) is 10.7. The van der Waals surface area contributed by atoms with E-state index in [1.165, 1.54) is 11.6 Å². The molecule has 0 aliphatic rings. The van der Waals surface area contributed by atoms with Gasteiger partial charge in [0.15, 0.2) is 17.0 Å². The number of aryl methyl sites for hydroxylation is 1. The van der Waals surface area contributed by atoms with Crippen LogP contribution >= 0.6 is 0 Å². The molecule has 9 nitrogen and oxygen atoms in total. The Balaban J connectivity index is 1.90. The van der Waals surface area contributed by atoms with E-state index in [1.807, 2.05) is 6.92 Å². The van der Waals surface area contributed by atoms with E-state index in [0.29, 0.717) is 17.9 Å². The highest BCUT2D eigenvalue weighted by atomic mass is 16.2. The van der Waals surface area contributed by atoms with Crippen LogP contribution in [0, 0.1) is 0 Å². The van der Waals surface area contributed by atoms with Crippen molar-refractivity contribution in [3.05, 3.63) is 42.1 Å². The average molecular weight is 313 g/mol. The SMILES string of the molecule is CCn1cc(NC(=O)c2cc3ncccn3n2)c(C(=O)NC)n1. The van der Waals surface area contributed by atoms with Gasteiger partial charge in [-0.25, -0.2) is 9.50 Å². The molecule has 3 rings (SSSR count). The van der Waals surface area contributed by atoms with Crippen LogP contribution in [0.1, 0.15) is 27.9 Å². The maximum absolute atomic E-state index is 12.4. The summed E-state index contributed by atoms with van der Waals surface area (Å²) in [5.74, 6) is -0.805. The molecule has 0 aliphatic heterocycles. The van der Waals surface area contributed by atoms with Gasteiger partial charge in [-0.1, -0.05) is 0 Å². The summed E-state index contributed by atoms with van der Waals surface area (Å²) in [7, 11) is 1.51. The largest absolute Gasteiger partial charge is 0.354 e. The average Bonchev–Trinajstić information content (AvgIpc) is 3.17. The fourth-order valence-electron chi connectivity index (χ4n) is 2.09. The maximum Gasteiger partial charge on any atom is 0.276 e. The van der Waals surface area contributed by atoms with Gasteiger partial charge >= 0.3 is 0 Å². The second kappa shape index (κ2) is 5.87. The van der Waals surface area contributed by atoms with Gasteiger partial charge in [-0.2, -0.15) is 10.2 Å². The van der Waals surface area contributed by atoms with Crippen LogP contribution in [0.2, 0.25) is 0 Å². The van der Waals surface area contributed by atoms with E-state index in [1.54, 1.807) is 35.4 Å². The minimum Gasteiger partial charge on any atom is -0.354 e. The lowest BCUT2D eigenvalue weighted by Crippen LogP contribution is -2.21. The molecule has 0 aliphatic carbocycles. The Bertz CT molecular complexity index is 847. The van der Waals surface area contributed by atoms with Crippen molar-refractivity contribution in [1.82, 2.24) is 29.7 Å². The monoisotopic (exact) mass is 313 g/mol. The molecule has 2 N–H and O–H groups in total. The lowest BCUT2D eigenvalue weighted by molar-refractivity contribution is 0.0958. The summed E-state index contributed by atoms with van der Waals surface area (Å²) in [6, 6.07) is 3.29. The predicted octanol–water partition coefficient (Wildman–Crippen LogP) is 0.558. The van der Waals surface area contributed by atoms with Crippen molar-refractivity contribution >= 4 is 23.1 Å². The molecule has 0 bridgehead atoms. The number of nitrogens with one attached hydrogen (secondary N) is 2. The molecule has 3 aromatic heterocycles. The lowest BCUT2D eigenvalue weighted by atomic mass is 10.3. The molecule has 2 amide bonds. The number of carbonyl (C=O) groups is 2. The van der Waals surface area contributed by atoms with E-state index < -0.39 is 5.91 Å². The first-order valence-corrected chi connectivity index (χ1v) is 7.03. The van der Waals surface area contributed by atoms with E-state index in [9.17, 15) is 9.59 Å². The van der Waals surface area contributed by atoms with Crippen molar-refractivity contribution < 1.29 is 9.59 Å². The van der Waals surface area contributed by atoms with Crippen LogP contribution in [0.25, 0.3) is 5.65 Å².